The lowest BCUT2D eigenvalue weighted by Gasteiger charge is -2.21. The van der Waals surface area contributed by atoms with Crippen LogP contribution in [0.5, 0.6) is 0 Å². The van der Waals surface area contributed by atoms with Gasteiger partial charge in [-0.2, -0.15) is 0 Å². The molecule has 1 aromatic rings. The molecule has 1 aromatic carbocycles. The standard InChI is InChI=1S/C14H16N2O3/c1-4-8-15(9-5-2)12-6-7-14(16(18)19)13(10-12)11(3)17/h4-7,10H,1-2,8-9H2,3H3. The second kappa shape index (κ2) is 6.49. The zero-order valence-electron chi connectivity index (χ0n) is 10.8. The van der Waals surface area contributed by atoms with Gasteiger partial charge in [0.25, 0.3) is 5.69 Å². The number of nitro groups is 1. The molecule has 19 heavy (non-hydrogen) atoms. The van der Waals surface area contributed by atoms with E-state index in [-0.39, 0.29) is 17.0 Å². The van der Waals surface area contributed by atoms with Crippen LogP contribution in [-0.4, -0.2) is 23.8 Å². The van der Waals surface area contributed by atoms with Gasteiger partial charge in [0.1, 0.15) is 0 Å². The summed E-state index contributed by atoms with van der Waals surface area (Å²) in [5, 5.41) is 10.9. The van der Waals surface area contributed by atoms with Gasteiger partial charge < -0.3 is 4.90 Å². The number of nitro benzene ring substituents is 1. The molecule has 1 rings (SSSR count). The minimum atomic E-state index is -0.550. The van der Waals surface area contributed by atoms with Crippen LogP contribution in [-0.2, 0) is 0 Å². The smallest absolute Gasteiger partial charge is 0.280 e. The first-order chi connectivity index (χ1) is 9.01. The van der Waals surface area contributed by atoms with Gasteiger partial charge in [0, 0.05) is 24.8 Å². The molecule has 0 heterocycles. The molecule has 0 aromatic heterocycles. The Balaban J connectivity index is 3.26. The van der Waals surface area contributed by atoms with Crippen LogP contribution >= 0.6 is 0 Å². The van der Waals surface area contributed by atoms with E-state index < -0.39 is 4.92 Å². The molecule has 0 N–H and O–H groups in total. The Morgan fingerprint density at radius 3 is 2.37 bits per heavy atom. The Bertz CT molecular complexity index is 513. The minimum Gasteiger partial charge on any atom is -0.364 e. The van der Waals surface area contributed by atoms with Crippen molar-refractivity contribution in [2.75, 3.05) is 18.0 Å². The van der Waals surface area contributed by atoms with E-state index in [0.29, 0.717) is 13.1 Å². The molecule has 0 unspecified atom stereocenters. The second-order valence-corrected chi connectivity index (χ2v) is 4.00. The fourth-order valence-electron chi connectivity index (χ4n) is 1.76. The van der Waals surface area contributed by atoms with Gasteiger partial charge in [-0.15, -0.1) is 13.2 Å². The third kappa shape index (κ3) is 3.51. The predicted octanol–water partition coefficient (Wildman–Crippen LogP) is 2.98. The number of Topliss-reactive ketones (excluding diaryl/α,β-unsaturated/α-hetero) is 1. The normalized spacial score (nSPS) is 9.74. The van der Waals surface area contributed by atoms with Crippen LogP contribution in [0.15, 0.2) is 43.5 Å². The van der Waals surface area contributed by atoms with E-state index in [9.17, 15) is 14.9 Å². The van der Waals surface area contributed by atoms with Crippen molar-refractivity contribution in [2.24, 2.45) is 0 Å². The summed E-state index contributed by atoms with van der Waals surface area (Å²) >= 11 is 0. The molecule has 0 saturated carbocycles. The van der Waals surface area contributed by atoms with Crippen LogP contribution in [0.4, 0.5) is 11.4 Å². The van der Waals surface area contributed by atoms with Crippen molar-refractivity contribution in [3.05, 3.63) is 59.2 Å². The monoisotopic (exact) mass is 260 g/mol. The van der Waals surface area contributed by atoms with Gasteiger partial charge in [0.2, 0.25) is 0 Å². The van der Waals surface area contributed by atoms with E-state index in [1.165, 1.54) is 19.1 Å². The Kier molecular flexibility index (Phi) is 5.00. The summed E-state index contributed by atoms with van der Waals surface area (Å²) in [5.41, 5.74) is 0.671. The molecule has 5 nitrogen and oxygen atoms in total. The van der Waals surface area contributed by atoms with Crippen molar-refractivity contribution in [3.8, 4) is 0 Å². The van der Waals surface area contributed by atoms with Crippen LogP contribution in [0, 0.1) is 10.1 Å². The number of rotatable bonds is 7. The van der Waals surface area contributed by atoms with Gasteiger partial charge in [0.05, 0.1) is 10.5 Å². The van der Waals surface area contributed by atoms with Crippen LogP contribution in [0.2, 0.25) is 0 Å². The molecule has 5 heteroatoms. The van der Waals surface area contributed by atoms with Gasteiger partial charge in [-0.3, -0.25) is 14.9 Å². The molecule has 0 aliphatic heterocycles. The first kappa shape index (κ1) is 14.6. The molecule has 0 atom stereocenters. The number of ketones is 1. The molecule has 0 radical (unpaired) electrons. The van der Waals surface area contributed by atoms with Gasteiger partial charge in [-0.1, -0.05) is 12.2 Å². The molecule has 0 aliphatic rings. The van der Waals surface area contributed by atoms with Crippen LogP contribution in [0.25, 0.3) is 0 Å². The number of hydrogen-bond acceptors (Lipinski definition) is 4. The Morgan fingerprint density at radius 1 is 1.37 bits per heavy atom. The number of carbonyl (C=O) groups is 1. The first-order valence-corrected chi connectivity index (χ1v) is 5.77. The van der Waals surface area contributed by atoms with E-state index in [1.807, 2.05) is 4.90 Å². The first-order valence-electron chi connectivity index (χ1n) is 5.77. The molecular formula is C14H16N2O3. The highest BCUT2D eigenvalue weighted by atomic mass is 16.6. The molecule has 0 fully saturated rings. The van der Waals surface area contributed by atoms with Crippen molar-refractivity contribution in [3.63, 3.8) is 0 Å². The number of hydrogen-bond donors (Lipinski definition) is 0. The molecule has 0 amide bonds. The van der Waals surface area contributed by atoms with E-state index in [2.05, 4.69) is 13.2 Å². The average Bonchev–Trinajstić information content (AvgIpc) is 2.37. The SMILES string of the molecule is C=CCN(CC=C)c1ccc([N+](=O)[O-])c(C(C)=O)c1. The molecule has 0 aliphatic carbocycles. The summed E-state index contributed by atoms with van der Waals surface area (Å²) in [4.78, 5) is 23.7. The van der Waals surface area contributed by atoms with Crippen molar-refractivity contribution in [1.82, 2.24) is 0 Å². The topological polar surface area (TPSA) is 63.4 Å². The van der Waals surface area contributed by atoms with Gasteiger partial charge >= 0.3 is 0 Å². The summed E-state index contributed by atoms with van der Waals surface area (Å²) in [5.74, 6) is -0.328. The van der Waals surface area contributed by atoms with Crippen molar-refractivity contribution < 1.29 is 9.72 Å². The summed E-state index contributed by atoms with van der Waals surface area (Å²) in [6.07, 6.45) is 3.44. The van der Waals surface area contributed by atoms with Crippen LogP contribution in [0.1, 0.15) is 17.3 Å². The van der Waals surface area contributed by atoms with E-state index in [4.69, 9.17) is 0 Å². The van der Waals surface area contributed by atoms with Gasteiger partial charge in [0.15, 0.2) is 5.78 Å². The highest BCUT2D eigenvalue weighted by Crippen LogP contribution is 2.25. The van der Waals surface area contributed by atoms with Crippen LogP contribution < -0.4 is 4.90 Å². The summed E-state index contributed by atoms with van der Waals surface area (Å²) in [6, 6.07) is 4.51. The number of benzene rings is 1. The summed E-state index contributed by atoms with van der Waals surface area (Å²) in [7, 11) is 0. The highest BCUT2D eigenvalue weighted by Gasteiger charge is 2.18. The van der Waals surface area contributed by atoms with Crippen molar-refractivity contribution in [2.45, 2.75) is 6.92 Å². The molecular weight excluding hydrogens is 244 g/mol. The quantitative estimate of drug-likeness (QED) is 0.327. The maximum absolute atomic E-state index is 11.5. The molecule has 0 spiro atoms. The Morgan fingerprint density at radius 2 is 1.95 bits per heavy atom. The Hall–Kier alpha value is -2.43. The zero-order valence-corrected chi connectivity index (χ0v) is 10.8. The molecule has 100 valence electrons. The zero-order chi connectivity index (χ0) is 14.4. The van der Waals surface area contributed by atoms with Crippen molar-refractivity contribution >= 4 is 17.2 Å². The highest BCUT2D eigenvalue weighted by molar-refractivity contribution is 5.99. The molecule has 0 saturated heterocycles. The lowest BCUT2D eigenvalue weighted by atomic mass is 10.1. The van der Waals surface area contributed by atoms with Gasteiger partial charge in [-0.05, 0) is 19.1 Å². The third-order valence-electron chi connectivity index (χ3n) is 2.62. The summed E-state index contributed by atoms with van der Waals surface area (Å²) in [6.45, 7) is 9.78. The predicted molar refractivity (Wildman–Crippen MR) is 75.7 cm³/mol. The maximum atomic E-state index is 11.5. The van der Waals surface area contributed by atoms with Crippen molar-refractivity contribution in [1.29, 1.82) is 0 Å². The lowest BCUT2D eigenvalue weighted by Crippen LogP contribution is -2.23. The lowest BCUT2D eigenvalue weighted by molar-refractivity contribution is -0.385. The van der Waals surface area contributed by atoms with E-state index >= 15 is 0 Å². The second-order valence-electron chi connectivity index (χ2n) is 4.00. The largest absolute Gasteiger partial charge is 0.364 e. The van der Waals surface area contributed by atoms with Crippen LogP contribution in [0.3, 0.4) is 0 Å². The fraction of sp³-hybridized carbons (Fsp3) is 0.214. The minimum absolute atomic E-state index is 0.112. The fourth-order valence-corrected chi connectivity index (χ4v) is 1.76. The average molecular weight is 260 g/mol. The third-order valence-corrected chi connectivity index (χ3v) is 2.62. The number of nitrogens with zero attached hydrogens (tertiary/aromatic N) is 2. The number of carbonyl (C=O) groups excluding carboxylic acids is 1. The number of anilines is 1. The molecule has 0 bridgehead atoms. The Labute approximate surface area is 112 Å². The van der Waals surface area contributed by atoms with E-state index in [0.717, 1.165) is 5.69 Å². The maximum Gasteiger partial charge on any atom is 0.280 e. The summed E-state index contributed by atoms with van der Waals surface area (Å²) < 4.78 is 0. The van der Waals surface area contributed by atoms with E-state index in [1.54, 1.807) is 18.2 Å². The van der Waals surface area contributed by atoms with Gasteiger partial charge in [-0.25, -0.2) is 0 Å².